The van der Waals surface area contributed by atoms with Crippen LogP contribution in [0.3, 0.4) is 0 Å². The van der Waals surface area contributed by atoms with Crippen molar-refractivity contribution in [3.8, 4) is 11.5 Å². The summed E-state index contributed by atoms with van der Waals surface area (Å²) < 4.78 is 5.86. The first-order valence-electron chi connectivity index (χ1n) is 7.33. The van der Waals surface area contributed by atoms with Crippen LogP contribution in [0.4, 0.5) is 0 Å². The Balaban J connectivity index is 1.69. The van der Waals surface area contributed by atoms with Gasteiger partial charge in [-0.25, -0.2) is 0 Å². The van der Waals surface area contributed by atoms with Gasteiger partial charge in [-0.1, -0.05) is 32.0 Å². The van der Waals surface area contributed by atoms with Gasteiger partial charge >= 0.3 is 0 Å². The first-order valence-corrected chi connectivity index (χ1v) is 7.33. The minimum absolute atomic E-state index is 0.388. The lowest BCUT2D eigenvalue weighted by atomic mass is 10.1. The van der Waals surface area contributed by atoms with Crippen LogP contribution in [0.15, 0.2) is 34.7 Å². The molecule has 0 saturated carbocycles. The molecule has 0 bridgehead atoms. The van der Waals surface area contributed by atoms with Gasteiger partial charge in [0.05, 0.1) is 5.92 Å². The maximum Gasteiger partial charge on any atom is 0.247 e. The predicted octanol–water partition coefficient (Wildman–Crippen LogP) is 3.18. The number of nitrogens with zero attached hydrogens (tertiary/aromatic N) is 3. The Labute approximate surface area is 119 Å². The third kappa shape index (κ3) is 2.90. The van der Waals surface area contributed by atoms with Crippen LogP contribution in [-0.4, -0.2) is 34.7 Å². The zero-order valence-electron chi connectivity index (χ0n) is 12.1. The molecule has 4 heteroatoms. The zero-order valence-corrected chi connectivity index (χ0v) is 12.1. The summed E-state index contributed by atoms with van der Waals surface area (Å²) in [6, 6.07) is 9.95. The molecule has 1 fully saturated rings. The van der Waals surface area contributed by atoms with E-state index in [4.69, 9.17) is 4.42 Å². The Morgan fingerprint density at radius 3 is 2.80 bits per heavy atom. The fraction of sp³-hybridized carbons (Fsp3) is 0.500. The molecule has 3 rings (SSSR count). The average Bonchev–Trinajstić information content (AvgIpc) is 3.07. The molecule has 1 aliphatic heterocycles. The summed E-state index contributed by atoms with van der Waals surface area (Å²) in [6.45, 7) is 7.83. The lowest BCUT2D eigenvalue weighted by Gasteiger charge is -2.17. The molecule has 1 aromatic carbocycles. The quantitative estimate of drug-likeness (QED) is 0.856. The molecule has 0 N–H and O–H groups in total. The first-order chi connectivity index (χ1) is 9.72. The smallest absolute Gasteiger partial charge is 0.247 e. The van der Waals surface area contributed by atoms with Crippen molar-refractivity contribution in [2.45, 2.75) is 26.2 Å². The Morgan fingerprint density at radius 2 is 2.05 bits per heavy atom. The van der Waals surface area contributed by atoms with Crippen LogP contribution in [0, 0.1) is 5.92 Å². The Kier molecular flexibility index (Phi) is 3.83. The highest BCUT2D eigenvalue weighted by atomic mass is 16.4. The van der Waals surface area contributed by atoms with Crippen molar-refractivity contribution < 1.29 is 4.42 Å². The second-order valence-electron chi connectivity index (χ2n) is 5.95. The zero-order chi connectivity index (χ0) is 13.9. The molecule has 0 aliphatic carbocycles. The van der Waals surface area contributed by atoms with E-state index in [1.807, 2.05) is 30.3 Å². The molecule has 106 valence electrons. The molecule has 1 aromatic heterocycles. The van der Waals surface area contributed by atoms with E-state index in [0.29, 0.717) is 17.7 Å². The van der Waals surface area contributed by atoms with E-state index in [2.05, 4.69) is 28.9 Å². The third-order valence-electron chi connectivity index (χ3n) is 3.71. The molecule has 1 aliphatic rings. The number of hydrogen-bond acceptors (Lipinski definition) is 4. The second-order valence-corrected chi connectivity index (χ2v) is 5.95. The van der Waals surface area contributed by atoms with E-state index in [-0.39, 0.29) is 0 Å². The van der Waals surface area contributed by atoms with E-state index >= 15 is 0 Å². The van der Waals surface area contributed by atoms with Gasteiger partial charge in [-0.05, 0) is 31.0 Å². The van der Waals surface area contributed by atoms with Crippen LogP contribution in [0.1, 0.15) is 32.1 Å². The van der Waals surface area contributed by atoms with Crippen molar-refractivity contribution in [2.24, 2.45) is 5.92 Å². The molecule has 2 heterocycles. The van der Waals surface area contributed by atoms with Gasteiger partial charge in [0.2, 0.25) is 11.8 Å². The molecular weight excluding hydrogens is 250 g/mol. The van der Waals surface area contributed by atoms with E-state index in [1.54, 1.807) is 0 Å². The number of likely N-dealkylation sites (tertiary alicyclic amines) is 1. The van der Waals surface area contributed by atoms with Crippen molar-refractivity contribution in [1.29, 1.82) is 0 Å². The van der Waals surface area contributed by atoms with Crippen LogP contribution in [0.25, 0.3) is 11.5 Å². The van der Waals surface area contributed by atoms with Crippen molar-refractivity contribution in [3.05, 3.63) is 36.2 Å². The number of aromatic nitrogens is 2. The summed E-state index contributed by atoms with van der Waals surface area (Å²) >= 11 is 0. The summed E-state index contributed by atoms with van der Waals surface area (Å²) in [7, 11) is 0. The van der Waals surface area contributed by atoms with Gasteiger partial charge in [-0.2, -0.15) is 0 Å². The van der Waals surface area contributed by atoms with Gasteiger partial charge in [-0.3, -0.25) is 0 Å². The fourth-order valence-corrected chi connectivity index (χ4v) is 2.81. The summed E-state index contributed by atoms with van der Waals surface area (Å²) in [5.41, 5.74) is 0.989. The standard InChI is InChI=1S/C16H21N3O/c1-12(2)10-19-9-8-14(11-19)16-18-17-15(20-16)13-6-4-3-5-7-13/h3-7,12,14H,8-11H2,1-2H3. The van der Waals surface area contributed by atoms with Gasteiger partial charge in [0.25, 0.3) is 0 Å². The molecule has 0 radical (unpaired) electrons. The predicted molar refractivity (Wildman–Crippen MR) is 78.4 cm³/mol. The number of hydrogen-bond donors (Lipinski definition) is 0. The van der Waals surface area contributed by atoms with Gasteiger partial charge in [-0.15, -0.1) is 10.2 Å². The van der Waals surface area contributed by atoms with Crippen LogP contribution in [-0.2, 0) is 0 Å². The van der Waals surface area contributed by atoms with Crippen molar-refractivity contribution >= 4 is 0 Å². The van der Waals surface area contributed by atoms with Crippen LogP contribution < -0.4 is 0 Å². The van der Waals surface area contributed by atoms with E-state index in [0.717, 1.165) is 37.5 Å². The summed E-state index contributed by atoms with van der Waals surface area (Å²) in [5.74, 6) is 2.51. The van der Waals surface area contributed by atoms with Crippen molar-refractivity contribution in [3.63, 3.8) is 0 Å². The lowest BCUT2D eigenvalue weighted by molar-refractivity contribution is 0.290. The molecule has 20 heavy (non-hydrogen) atoms. The molecule has 1 saturated heterocycles. The molecule has 4 nitrogen and oxygen atoms in total. The molecule has 0 spiro atoms. The molecular formula is C16H21N3O. The number of rotatable bonds is 4. The van der Waals surface area contributed by atoms with Gasteiger partial charge in [0, 0.05) is 18.7 Å². The average molecular weight is 271 g/mol. The summed E-state index contributed by atoms with van der Waals surface area (Å²) in [4.78, 5) is 2.49. The van der Waals surface area contributed by atoms with Crippen LogP contribution in [0.5, 0.6) is 0 Å². The van der Waals surface area contributed by atoms with E-state index in [9.17, 15) is 0 Å². The van der Waals surface area contributed by atoms with Crippen LogP contribution >= 0.6 is 0 Å². The number of benzene rings is 1. The SMILES string of the molecule is CC(C)CN1CCC(c2nnc(-c3ccccc3)o2)C1. The normalized spacial score (nSPS) is 19.9. The molecule has 0 amide bonds. The summed E-state index contributed by atoms with van der Waals surface area (Å²) in [5, 5.41) is 8.43. The van der Waals surface area contributed by atoms with Gasteiger partial charge in [0.1, 0.15) is 0 Å². The fourth-order valence-electron chi connectivity index (χ4n) is 2.81. The highest BCUT2D eigenvalue weighted by Gasteiger charge is 2.28. The Hall–Kier alpha value is -1.68. The monoisotopic (exact) mass is 271 g/mol. The first kappa shape index (κ1) is 13.3. The third-order valence-corrected chi connectivity index (χ3v) is 3.71. The minimum Gasteiger partial charge on any atom is -0.420 e. The highest BCUT2D eigenvalue weighted by molar-refractivity contribution is 5.51. The van der Waals surface area contributed by atoms with Gasteiger partial charge < -0.3 is 9.32 Å². The maximum atomic E-state index is 5.86. The maximum absolute atomic E-state index is 5.86. The lowest BCUT2D eigenvalue weighted by Crippen LogP contribution is -2.24. The van der Waals surface area contributed by atoms with Crippen LogP contribution in [0.2, 0.25) is 0 Å². The Morgan fingerprint density at radius 1 is 1.25 bits per heavy atom. The summed E-state index contributed by atoms with van der Waals surface area (Å²) in [6.07, 6.45) is 1.11. The highest BCUT2D eigenvalue weighted by Crippen LogP contribution is 2.28. The largest absolute Gasteiger partial charge is 0.420 e. The minimum atomic E-state index is 0.388. The second kappa shape index (κ2) is 5.75. The topological polar surface area (TPSA) is 42.2 Å². The van der Waals surface area contributed by atoms with Crippen molar-refractivity contribution in [1.82, 2.24) is 15.1 Å². The molecule has 1 atom stereocenters. The van der Waals surface area contributed by atoms with Crippen molar-refractivity contribution in [2.75, 3.05) is 19.6 Å². The van der Waals surface area contributed by atoms with Gasteiger partial charge in [0.15, 0.2) is 0 Å². The Bertz CT molecular complexity index is 550. The molecule has 2 aromatic rings. The van der Waals surface area contributed by atoms with E-state index in [1.165, 1.54) is 0 Å². The molecule has 1 unspecified atom stereocenters. The van der Waals surface area contributed by atoms with E-state index < -0.39 is 0 Å².